The average Bonchev–Trinajstić information content (AvgIpc) is 2.46. The van der Waals surface area contributed by atoms with Gasteiger partial charge in [0.25, 0.3) is 0 Å². The van der Waals surface area contributed by atoms with Crippen molar-refractivity contribution in [3.8, 4) is 0 Å². The molecule has 0 bridgehead atoms. The van der Waals surface area contributed by atoms with Crippen LogP contribution in [-0.4, -0.2) is 43.2 Å². The molecule has 1 aliphatic rings. The van der Waals surface area contributed by atoms with Crippen molar-refractivity contribution in [2.75, 3.05) is 26.2 Å². The Morgan fingerprint density at radius 1 is 1.47 bits per heavy atom. The molecule has 1 aliphatic heterocycles. The monoisotopic (exact) mass is 262 g/mol. The summed E-state index contributed by atoms with van der Waals surface area (Å²) in [6.45, 7) is 4.46. The fourth-order valence-corrected chi connectivity index (χ4v) is 2.38. The molecule has 0 aliphatic carbocycles. The zero-order valence-corrected chi connectivity index (χ0v) is 11.5. The molecule has 1 fully saturated rings. The highest BCUT2D eigenvalue weighted by Gasteiger charge is 2.22. The number of nitrogens with zero attached hydrogens (tertiary/aromatic N) is 1. The summed E-state index contributed by atoms with van der Waals surface area (Å²) in [5.74, 6) is 0.199. The molecular formula is C15H22N2O2. The van der Waals surface area contributed by atoms with E-state index in [1.807, 2.05) is 17.0 Å². The third kappa shape index (κ3) is 3.78. The van der Waals surface area contributed by atoms with Gasteiger partial charge < -0.3 is 15.4 Å². The summed E-state index contributed by atoms with van der Waals surface area (Å²) in [6, 6.07) is 8.21. The first kappa shape index (κ1) is 14.0. The van der Waals surface area contributed by atoms with Crippen molar-refractivity contribution < 1.29 is 9.53 Å². The predicted octanol–water partition coefficient (Wildman–Crippen LogP) is 1.11. The fourth-order valence-electron chi connectivity index (χ4n) is 2.38. The zero-order chi connectivity index (χ0) is 13.7. The largest absolute Gasteiger partial charge is 0.373 e. The van der Waals surface area contributed by atoms with Crippen molar-refractivity contribution in [2.45, 2.75) is 25.9 Å². The van der Waals surface area contributed by atoms with Gasteiger partial charge in [-0.2, -0.15) is 0 Å². The predicted molar refractivity (Wildman–Crippen MR) is 74.9 cm³/mol. The van der Waals surface area contributed by atoms with Crippen LogP contribution in [0.1, 0.15) is 17.5 Å². The minimum Gasteiger partial charge on any atom is -0.373 e. The maximum absolute atomic E-state index is 12.2. The van der Waals surface area contributed by atoms with E-state index in [4.69, 9.17) is 10.5 Å². The molecule has 0 radical (unpaired) electrons. The minimum absolute atomic E-state index is 0.00355. The van der Waals surface area contributed by atoms with Gasteiger partial charge in [-0.15, -0.1) is 0 Å². The number of benzene rings is 1. The van der Waals surface area contributed by atoms with Gasteiger partial charge in [0.05, 0.1) is 12.7 Å². The number of amides is 1. The van der Waals surface area contributed by atoms with Crippen molar-refractivity contribution in [1.82, 2.24) is 4.90 Å². The van der Waals surface area contributed by atoms with Crippen LogP contribution in [0.4, 0.5) is 0 Å². The Morgan fingerprint density at radius 2 is 2.26 bits per heavy atom. The van der Waals surface area contributed by atoms with Crippen LogP contribution >= 0.6 is 0 Å². The summed E-state index contributed by atoms with van der Waals surface area (Å²) in [5, 5.41) is 0. The number of morpholine rings is 1. The molecule has 19 heavy (non-hydrogen) atoms. The lowest BCUT2D eigenvalue weighted by molar-refractivity contribution is -0.138. The summed E-state index contributed by atoms with van der Waals surface area (Å²) in [7, 11) is 0. The number of nitrogens with two attached hydrogens (primary N) is 1. The zero-order valence-electron chi connectivity index (χ0n) is 11.5. The van der Waals surface area contributed by atoms with Gasteiger partial charge in [0.2, 0.25) is 5.91 Å². The van der Waals surface area contributed by atoms with Crippen molar-refractivity contribution in [3.05, 3.63) is 35.4 Å². The summed E-state index contributed by atoms with van der Waals surface area (Å²) in [5.41, 5.74) is 8.08. The molecule has 1 atom stereocenters. The smallest absolute Gasteiger partial charge is 0.223 e. The lowest BCUT2D eigenvalue weighted by atomic mass is 10.0. The standard InChI is InChI=1S/C15H22N2O2/c1-12-4-2-3-5-13(12)6-7-15(18)17-8-9-19-14(10-16)11-17/h2-5,14H,6-11,16H2,1H3/t14-/m1/s1. The number of hydrogen-bond donors (Lipinski definition) is 1. The third-order valence-electron chi connectivity index (χ3n) is 3.62. The van der Waals surface area contributed by atoms with Gasteiger partial charge >= 0.3 is 0 Å². The second kappa shape index (κ2) is 6.68. The van der Waals surface area contributed by atoms with Crippen LogP contribution in [0.5, 0.6) is 0 Å². The average molecular weight is 262 g/mol. The summed E-state index contributed by atoms with van der Waals surface area (Å²) in [6.07, 6.45) is 1.36. The van der Waals surface area contributed by atoms with Gasteiger partial charge in [-0.3, -0.25) is 4.79 Å². The first-order chi connectivity index (χ1) is 9.20. The van der Waals surface area contributed by atoms with Gasteiger partial charge in [-0.1, -0.05) is 24.3 Å². The van der Waals surface area contributed by atoms with Gasteiger partial charge in [-0.25, -0.2) is 0 Å². The van der Waals surface area contributed by atoms with Crippen molar-refractivity contribution in [1.29, 1.82) is 0 Å². The number of carbonyl (C=O) groups excluding carboxylic acids is 1. The van der Waals surface area contributed by atoms with Gasteiger partial charge in [0.15, 0.2) is 0 Å². The van der Waals surface area contributed by atoms with Crippen LogP contribution in [0.25, 0.3) is 0 Å². The van der Waals surface area contributed by atoms with E-state index in [2.05, 4.69) is 19.1 Å². The molecule has 0 spiro atoms. The molecule has 1 amide bonds. The lowest BCUT2D eigenvalue weighted by Crippen LogP contribution is -2.48. The highest BCUT2D eigenvalue weighted by atomic mass is 16.5. The van der Waals surface area contributed by atoms with E-state index in [0.29, 0.717) is 32.7 Å². The Kier molecular flexibility index (Phi) is 4.93. The Labute approximate surface area is 114 Å². The Bertz CT molecular complexity index is 434. The number of hydrogen-bond acceptors (Lipinski definition) is 3. The molecule has 2 N–H and O–H groups in total. The van der Waals surface area contributed by atoms with Gasteiger partial charge in [0.1, 0.15) is 0 Å². The van der Waals surface area contributed by atoms with Crippen molar-refractivity contribution in [2.24, 2.45) is 5.73 Å². The highest BCUT2D eigenvalue weighted by Crippen LogP contribution is 2.12. The first-order valence-electron chi connectivity index (χ1n) is 6.84. The van der Waals surface area contributed by atoms with E-state index >= 15 is 0 Å². The van der Waals surface area contributed by atoms with E-state index in [1.54, 1.807) is 0 Å². The number of ether oxygens (including phenoxy) is 1. The topological polar surface area (TPSA) is 55.6 Å². The van der Waals surface area contributed by atoms with Crippen LogP contribution in [0.3, 0.4) is 0 Å². The Balaban J connectivity index is 1.86. The van der Waals surface area contributed by atoms with Crippen LogP contribution in [-0.2, 0) is 16.0 Å². The number of rotatable bonds is 4. The molecule has 4 nitrogen and oxygen atoms in total. The molecule has 4 heteroatoms. The molecule has 0 saturated carbocycles. The lowest BCUT2D eigenvalue weighted by Gasteiger charge is -2.32. The van der Waals surface area contributed by atoms with Crippen molar-refractivity contribution >= 4 is 5.91 Å². The third-order valence-corrected chi connectivity index (χ3v) is 3.62. The maximum Gasteiger partial charge on any atom is 0.223 e. The maximum atomic E-state index is 12.2. The fraction of sp³-hybridized carbons (Fsp3) is 0.533. The van der Waals surface area contributed by atoms with Crippen LogP contribution in [0, 0.1) is 6.92 Å². The molecule has 0 unspecified atom stereocenters. The minimum atomic E-state index is -0.00355. The SMILES string of the molecule is Cc1ccccc1CCC(=O)N1CCO[C@H](CN)C1. The van der Waals surface area contributed by atoms with Crippen LogP contribution in [0.2, 0.25) is 0 Å². The normalized spacial score (nSPS) is 19.5. The molecule has 0 aromatic heterocycles. The van der Waals surface area contributed by atoms with Gasteiger partial charge in [0, 0.05) is 26.1 Å². The van der Waals surface area contributed by atoms with Crippen LogP contribution < -0.4 is 5.73 Å². The number of carbonyl (C=O) groups is 1. The molecule has 1 heterocycles. The quantitative estimate of drug-likeness (QED) is 0.884. The van der Waals surface area contributed by atoms with Crippen molar-refractivity contribution in [3.63, 3.8) is 0 Å². The molecule has 1 saturated heterocycles. The Morgan fingerprint density at radius 3 is 3.00 bits per heavy atom. The van der Waals surface area contributed by atoms with E-state index in [9.17, 15) is 4.79 Å². The van der Waals surface area contributed by atoms with E-state index < -0.39 is 0 Å². The molecule has 104 valence electrons. The first-order valence-corrected chi connectivity index (χ1v) is 6.84. The van der Waals surface area contributed by atoms with Gasteiger partial charge in [-0.05, 0) is 24.5 Å². The van der Waals surface area contributed by atoms with E-state index in [-0.39, 0.29) is 12.0 Å². The molecular weight excluding hydrogens is 240 g/mol. The Hall–Kier alpha value is -1.39. The second-order valence-electron chi connectivity index (χ2n) is 4.99. The van der Waals surface area contributed by atoms with Crippen LogP contribution in [0.15, 0.2) is 24.3 Å². The summed E-state index contributed by atoms with van der Waals surface area (Å²) < 4.78 is 5.47. The number of aryl methyl sites for hydroxylation is 2. The summed E-state index contributed by atoms with van der Waals surface area (Å²) in [4.78, 5) is 14.0. The second-order valence-corrected chi connectivity index (χ2v) is 4.99. The van der Waals surface area contributed by atoms with E-state index in [1.165, 1.54) is 11.1 Å². The van der Waals surface area contributed by atoms with E-state index in [0.717, 1.165) is 6.42 Å². The molecule has 1 aromatic carbocycles. The molecule has 1 aromatic rings. The molecule has 2 rings (SSSR count). The highest BCUT2D eigenvalue weighted by molar-refractivity contribution is 5.76. The summed E-state index contributed by atoms with van der Waals surface area (Å²) >= 11 is 0.